The SMILES string of the molecule is Cc1c(-c2cnnc(-c3ccccc3)c2)cc(F)c(F)c1F. The molecule has 0 radical (unpaired) electrons. The van der Waals surface area contributed by atoms with Gasteiger partial charge in [0, 0.05) is 11.1 Å². The molecule has 22 heavy (non-hydrogen) atoms. The average molecular weight is 300 g/mol. The van der Waals surface area contributed by atoms with Crippen molar-refractivity contribution in [2.24, 2.45) is 0 Å². The molecule has 2 nitrogen and oxygen atoms in total. The molecule has 0 aliphatic carbocycles. The maximum atomic E-state index is 13.7. The molecule has 0 aliphatic rings. The molecule has 0 saturated carbocycles. The summed E-state index contributed by atoms with van der Waals surface area (Å²) in [6.07, 6.45) is 1.39. The second kappa shape index (κ2) is 5.60. The van der Waals surface area contributed by atoms with E-state index in [1.165, 1.54) is 13.1 Å². The van der Waals surface area contributed by atoms with Gasteiger partial charge < -0.3 is 0 Å². The lowest BCUT2D eigenvalue weighted by molar-refractivity contribution is 0.444. The molecule has 0 unspecified atom stereocenters. The Morgan fingerprint density at radius 3 is 2.32 bits per heavy atom. The summed E-state index contributed by atoms with van der Waals surface area (Å²) in [4.78, 5) is 0. The maximum absolute atomic E-state index is 13.7. The van der Waals surface area contributed by atoms with Crippen molar-refractivity contribution in [1.29, 1.82) is 0 Å². The summed E-state index contributed by atoms with van der Waals surface area (Å²) in [5.74, 6) is -3.88. The number of hydrogen-bond donors (Lipinski definition) is 0. The van der Waals surface area contributed by atoms with Gasteiger partial charge in [0.1, 0.15) is 0 Å². The molecule has 110 valence electrons. The summed E-state index contributed by atoms with van der Waals surface area (Å²) in [5, 5.41) is 7.89. The minimum absolute atomic E-state index is 0.0333. The number of nitrogens with zero attached hydrogens (tertiary/aromatic N) is 2. The molecular formula is C17H11F3N2. The lowest BCUT2D eigenvalue weighted by Gasteiger charge is -2.09. The van der Waals surface area contributed by atoms with Gasteiger partial charge in [-0.15, -0.1) is 0 Å². The summed E-state index contributed by atoms with van der Waals surface area (Å²) in [6, 6.07) is 11.9. The molecule has 0 atom stereocenters. The minimum Gasteiger partial charge on any atom is -0.204 e. The second-order valence-electron chi connectivity index (χ2n) is 4.85. The van der Waals surface area contributed by atoms with Crippen molar-refractivity contribution in [1.82, 2.24) is 10.2 Å². The molecule has 2 aromatic carbocycles. The monoisotopic (exact) mass is 300 g/mol. The second-order valence-corrected chi connectivity index (χ2v) is 4.85. The zero-order chi connectivity index (χ0) is 15.7. The quantitative estimate of drug-likeness (QED) is 0.649. The predicted molar refractivity (Wildman–Crippen MR) is 77.5 cm³/mol. The van der Waals surface area contributed by atoms with Crippen LogP contribution in [0.25, 0.3) is 22.4 Å². The van der Waals surface area contributed by atoms with Crippen LogP contribution >= 0.6 is 0 Å². The third kappa shape index (κ3) is 2.45. The van der Waals surface area contributed by atoms with Gasteiger partial charge in [0.05, 0.1) is 11.9 Å². The fraction of sp³-hybridized carbons (Fsp3) is 0.0588. The zero-order valence-electron chi connectivity index (χ0n) is 11.6. The molecule has 0 fully saturated rings. The average Bonchev–Trinajstić information content (AvgIpc) is 2.57. The van der Waals surface area contributed by atoms with E-state index in [-0.39, 0.29) is 11.1 Å². The summed E-state index contributed by atoms with van der Waals surface area (Å²) in [6.45, 7) is 1.40. The van der Waals surface area contributed by atoms with Crippen LogP contribution in [0.3, 0.4) is 0 Å². The normalized spacial score (nSPS) is 10.7. The Morgan fingerprint density at radius 2 is 1.59 bits per heavy atom. The van der Waals surface area contributed by atoms with Gasteiger partial charge >= 0.3 is 0 Å². The molecule has 3 rings (SSSR count). The molecule has 0 spiro atoms. The molecule has 0 amide bonds. The summed E-state index contributed by atoms with van der Waals surface area (Å²) in [7, 11) is 0. The van der Waals surface area contributed by atoms with Gasteiger partial charge in [-0.25, -0.2) is 13.2 Å². The van der Waals surface area contributed by atoms with E-state index in [2.05, 4.69) is 10.2 Å². The molecule has 0 aliphatic heterocycles. The van der Waals surface area contributed by atoms with Crippen LogP contribution in [0, 0.1) is 24.4 Å². The van der Waals surface area contributed by atoms with Crippen molar-refractivity contribution in [2.75, 3.05) is 0 Å². The van der Waals surface area contributed by atoms with Gasteiger partial charge in [-0.3, -0.25) is 0 Å². The van der Waals surface area contributed by atoms with Gasteiger partial charge in [-0.1, -0.05) is 30.3 Å². The van der Waals surface area contributed by atoms with E-state index >= 15 is 0 Å². The van der Waals surface area contributed by atoms with Gasteiger partial charge in [-0.05, 0) is 30.2 Å². The number of hydrogen-bond acceptors (Lipinski definition) is 2. The fourth-order valence-electron chi connectivity index (χ4n) is 2.25. The Kier molecular flexibility index (Phi) is 3.63. The summed E-state index contributed by atoms with van der Waals surface area (Å²) in [5.41, 5.74) is 2.17. The van der Waals surface area contributed by atoms with Crippen molar-refractivity contribution in [2.45, 2.75) is 6.92 Å². The number of halogens is 3. The van der Waals surface area contributed by atoms with E-state index in [4.69, 9.17) is 0 Å². The van der Waals surface area contributed by atoms with Crippen molar-refractivity contribution in [3.63, 3.8) is 0 Å². The largest absolute Gasteiger partial charge is 0.204 e. The lowest BCUT2D eigenvalue weighted by Crippen LogP contribution is -1.98. The van der Waals surface area contributed by atoms with Crippen LogP contribution in [-0.2, 0) is 0 Å². The number of benzene rings is 2. The van der Waals surface area contributed by atoms with Crippen LogP contribution in [0.2, 0.25) is 0 Å². The molecule has 5 heteroatoms. The predicted octanol–water partition coefficient (Wildman–Crippen LogP) is 4.54. The summed E-state index contributed by atoms with van der Waals surface area (Å²) < 4.78 is 40.4. The number of rotatable bonds is 2. The smallest absolute Gasteiger partial charge is 0.194 e. The topological polar surface area (TPSA) is 25.8 Å². The highest BCUT2D eigenvalue weighted by Crippen LogP contribution is 2.29. The molecule has 0 bridgehead atoms. The molecule has 1 heterocycles. The van der Waals surface area contributed by atoms with Crippen LogP contribution in [0.4, 0.5) is 13.2 Å². The van der Waals surface area contributed by atoms with Crippen LogP contribution < -0.4 is 0 Å². The Morgan fingerprint density at radius 1 is 0.864 bits per heavy atom. The minimum atomic E-state index is -1.47. The third-order valence-corrected chi connectivity index (χ3v) is 3.44. The number of aromatic nitrogens is 2. The Hall–Kier alpha value is -2.69. The van der Waals surface area contributed by atoms with Gasteiger partial charge in [0.25, 0.3) is 0 Å². The van der Waals surface area contributed by atoms with E-state index in [0.717, 1.165) is 11.6 Å². The Labute approximate surface area is 125 Å². The van der Waals surface area contributed by atoms with E-state index in [9.17, 15) is 13.2 Å². The highest BCUT2D eigenvalue weighted by atomic mass is 19.2. The maximum Gasteiger partial charge on any atom is 0.194 e. The van der Waals surface area contributed by atoms with Crippen LogP contribution in [0.15, 0.2) is 48.7 Å². The first-order valence-electron chi connectivity index (χ1n) is 6.60. The first-order chi connectivity index (χ1) is 10.6. The third-order valence-electron chi connectivity index (χ3n) is 3.44. The van der Waals surface area contributed by atoms with Gasteiger partial charge in [0.15, 0.2) is 17.5 Å². The van der Waals surface area contributed by atoms with E-state index in [0.29, 0.717) is 11.3 Å². The van der Waals surface area contributed by atoms with Crippen molar-refractivity contribution in [3.05, 3.63) is 71.7 Å². The van der Waals surface area contributed by atoms with Gasteiger partial charge in [0.2, 0.25) is 0 Å². The first kappa shape index (κ1) is 14.3. The fourth-order valence-corrected chi connectivity index (χ4v) is 2.25. The van der Waals surface area contributed by atoms with Crippen LogP contribution in [0.1, 0.15) is 5.56 Å². The molecule has 3 aromatic rings. The first-order valence-corrected chi connectivity index (χ1v) is 6.60. The lowest BCUT2D eigenvalue weighted by atomic mass is 10.00. The van der Waals surface area contributed by atoms with Gasteiger partial charge in [-0.2, -0.15) is 10.2 Å². The molecular weight excluding hydrogens is 289 g/mol. The zero-order valence-corrected chi connectivity index (χ0v) is 11.6. The van der Waals surface area contributed by atoms with E-state index in [1.807, 2.05) is 30.3 Å². The van der Waals surface area contributed by atoms with Crippen molar-refractivity contribution in [3.8, 4) is 22.4 Å². The summed E-state index contributed by atoms with van der Waals surface area (Å²) >= 11 is 0. The Balaban J connectivity index is 2.15. The molecule has 1 aromatic heterocycles. The van der Waals surface area contributed by atoms with Crippen molar-refractivity contribution >= 4 is 0 Å². The van der Waals surface area contributed by atoms with Crippen LogP contribution in [0.5, 0.6) is 0 Å². The van der Waals surface area contributed by atoms with Crippen molar-refractivity contribution < 1.29 is 13.2 Å². The standard InChI is InChI=1S/C17H11F3N2/c1-10-13(8-14(18)17(20)16(10)19)12-7-15(22-21-9-12)11-5-3-2-4-6-11/h2-9H,1H3. The molecule has 0 saturated heterocycles. The molecule has 0 N–H and O–H groups in total. The van der Waals surface area contributed by atoms with Crippen LogP contribution in [-0.4, -0.2) is 10.2 Å². The highest BCUT2D eigenvalue weighted by Gasteiger charge is 2.17. The Bertz CT molecular complexity index is 833. The van der Waals surface area contributed by atoms with E-state index < -0.39 is 17.5 Å². The van der Waals surface area contributed by atoms with E-state index in [1.54, 1.807) is 6.07 Å². The highest BCUT2D eigenvalue weighted by molar-refractivity contribution is 5.71.